The van der Waals surface area contributed by atoms with E-state index in [4.69, 9.17) is 11.2 Å². The highest BCUT2D eigenvalue weighted by molar-refractivity contribution is 5.97. The minimum atomic E-state index is -0.871. The third-order valence-electron chi connectivity index (χ3n) is 4.17. The first kappa shape index (κ1) is 16.1. The molecule has 0 spiro atoms. The highest BCUT2D eigenvalue weighted by Crippen LogP contribution is 2.22. The van der Waals surface area contributed by atoms with E-state index in [1.54, 1.807) is 5.01 Å². The summed E-state index contributed by atoms with van der Waals surface area (Å²) < 4.78 is 6.83. The molecule has 1 saturated heterocycles. The number of carbonyl (C=O) groups is 2. The molecule has 3 rings (SSSR count). The number of amides is 1. The zero-order chi connectivity index (χ0) is 17.3. The van der Waals surface area contributed by atoms with Gasteiger partial charge in [-0.2, -0.15) is 0 Å². The average molecular weight is 331 g/mol. The number of hydrogen-bond acceptors (Lipinski definition) is 6. The van der Waals surface area contributed by atoms with Crippen LogP contribution in [0.1, 0.15) is 33.7 Å². The molecular formula is C16H17N3O5. The summed E-state index contributed by atoms with van der Waals surface area (Å²) in [6, 6.07) is 0. The van der Waals surface area contributed by atoms with E-state index in [1.807, 2.05) is 0 Å². The van der Waals surface area contributed by atoms with Crippen LogP contribution in [0, 0.1) is 12.3 Å². The van der Waals surface area contributed by atoms with Crippen LogP contribution < -0.4 is 10.4 Å². The van der Waals surface area contributed by atoms with Gasteiger partial charge >= 0.3 is 0 Å². The van der Waals surface area contributed by atoms with Crippen LogP contribution in [0.5, 0.6) is 5.75 Å². The second-order valence-corrected chi connectivity index (χ2v) is 5.75. The summed E-state index contributed by atoms with van der Waals surface area (Å²) in [6.07, 6.45) is 8.65. The average Bonchev–Trinajstić information content (AvgIpc) is 3.07. The minimum absolute atomic E-state index is 0.0729. The molecule has 1 amide bonds. The lowest BCUT2D eigenvalue weighted by Crippen LogP contribution is -2.55. The Morgan fingerprint density at radius 1 is 1.46 bits per heavy atom. The summed E-state index contributed by atoms with van der Waals surface area (Å²) in [5.74, 6) is 1.23. The van der Waals surface area contributed by atoms with Crippen LogP contribution in [0.2, 0.25) is 0 Å². The molecule has 0 radical (unpaired) electrons. The highest BCUT2D eigenvalue weighted by atomic mass is 16.5. The SMILES string of the molecule is C#CCN1CN(C[C@@H]2CCCO2)C(=O)c2c(O)c(=O)c(C=O)cn21. The maximum absolute atomic E-state index is 12.7. The smallest absolute Gasteiger partial charge is 0.277 e. The van der Waals surface area contributed by atoms with Crippen molar-refractivity contribution in [2.24, 2.45) is 0 Å². The molecule has 1 N–H and O–H groups in total. The van der Waals surface area contributed by atoms with Crippen molar-refractivity contribution < 1.29 is 19.4 Å². The van der Waals surface area contributed by atoms with Gasteiger partial charge < -0.3 is 14.7 Å². The maximum atomic E-state index is 12.7. The van der Waals surface area contributed by atoms with Gasteiger partial charge in [0.2, 0.25) is 5.43 Å². The Hall–Kier alpha value is -2.79. The van der Waals surface area contributed by atoms with Crippen molar-refractivity contribution in [2.45, 2.75) is 18.9 Å². The molecule has 1 aromatic rings. The van der Waals surface area contributed by atoms with Crippen molar-refractivity contribution in [1.29, 1.82) is 0 Å². The van der Waals surface area contributed by atoms with Crippen LogP contribution in [-0.4, -0.2) is 59.3 Å². The Kier molecular flexibility index (Phi) is 4.27. The van der Waals surface area contributed by atoms with Gasteiger partial charge in [-0.25, -0.2) is 0 Å². The van der Waals surface area contributed by atoms with Crippen LogP contribution in [0.3, 0.4) is 0 Å². The number of aromatic nitrogens is 1. The lowest BCUT2D eigenvalue weighted by Gasteiger charge is -2.39. The second-order valence-electron chi connectivity index (χ2n) is 5.75. The largest absolute Gasteiger partial charge is 0.502 e. The summed E-state index contributed by atoms with van der Waals surface area (Å²) in [5.41, 5.74) is -1.30. The molecular weight excluding hydrogens is 314 g/mol. The van der Waals surface area contributed by atoms with Crippen LogP contribution in [-0.2, 0) is 4.74 Å². The Labute approximate surface area is 138 Å². The minimum Gasteiger partial charge on any atom is -0.502 e. The van der Waals surface area contributed by atoms with Crippen molar-refractivity contribution in [3.63, 3.8) is 0 Å². The number of hydrogen-bond donors (Lipinski definition) is 1. The number of pyridine rings is 1. The molecule has 24 heavy (non-hydrogen) atoms. The van der Waals surface area contributed by atoms with Crippen LogP contribution >= 0.6 is 0 Å². The molecule has 0 aliphatic carbocycles. The lowest BCUT2D eigenvalue weighted by atomic mass is 10.1. The van der Waals surface area contributed by atoms with Gasteiger partial charge in [0.25, 0.3) is 5.91 Å². The van der Waals surface area contributed by atoms with E-state index in [-0.39, 0.29) is 30.6 Å². The van der Waals surface area contributed by atoms with Gasteiger partial charge in [0.15, 0.2) is 17.7 Å². The molecule has 1 atom stereocenters. The summed E-state index contributed by atoms with van der Waals surface area (Å²) in [4.78, 5) is 37.2. The first-order chi connectivity index (χ1) is 11.6. The van der Waals surface area contributed by atoms with Crippen molar-refractivity contribution in [1.82, 2.24) is 9.58 Å². The predicted octanol–water partition coefficient (Wildman–Crippen LogP) is -0.470. The molecule has 2 aliphatic rings. The van der Waals surface area contributed by atoms with Gasteiger partial charge in [0.1, 0.15) is 6.67 Å². The second kappa shape index (κ2) is 6.37. The zero-order valence-corrected chi connectivity index (χ0v) is 13.0. The van der Waals surface area contributed by atoms with E-state index in [9.17, 15) is 19.5 Å². The topological polar surface area (TPSA) is 92.1 Å². The van der Waals surface area contributed by atoms with E-state index < -0.39 is 17.1 Å². The molecule has 8 heteroatoms. The molecule has 0 aromatic carbocycles. The lowest BCUT2D eigenvalue weighted by molar-refractivity contribution is 0.0461. The fourth-order valence-corrected chi connectivity index (χ4v) is 3.00. The van der Waals surface area contributed by atoms with Gasteiger partial charge in [-0.1, -0.05) is 5.92 Å². The van der Waals surface area contributed by atoms with E-state index in [2.05, 4.69) is 5.92 Å². The van der Waals surface area contributed by atoms with Crippen molar-refractivity contribution in [2.75, 3.05) is 31.4 Å². The maximum Gasteiger partial charge on any atom is 0.277 e. The molecule has 2 aliphatic heterocycles. The van der Waals surface area contributed by atoms with Gasteiger partial charge in [-0.05, 0) is 12.8 Å². The fraction of sp³-hybridized carbons (Fsp3) is 0.438. The molecule has 0 unspecified atom stereocenters. The van der Waals surface area contributed by atoms with Crippen LogP contribution in [0.25, 0.3) is 0 Å². The Balaban J connectivity index is 2.03. The molecule has 3 heterocycles. The molecule has 1 aromatic heterocycles. The summed E-state index contributed by atoms with van der Waals surface area (Å²) in [6.45, 7) is 1.33. The number of carbonyl (C=O) groups excluding carboxylic acids is 2. The molecule has 0 bridgehead atoms. The van der Waals surface area contributed by atoms with Gasteiger partial charge in [0.05, 0.1) is 18.2 Å². The Morgan fingerprint density at radius 3 is 2.88 bits per heavy atom. The Morgan fingerprint density at radius 2 is 2.25 bits per heavy atom. The standard InChI is InChI=1S/C16H17N3O5/c1-2-5-18-10-17(8-12-4-3-6-24-12)16(23)13-15(22)14(21)11(9-20)7-19(13)18/h1,7,9,12,22H,3-6,8,10H2/t12-/m0/s1. The van der Waals surface area contributed by atoms with Crippen LogP contribution in [0.4, 0.5) is 0 Å². The van der Waals surface area contributed by atoms with Crippen molar-refractivity contribution in [3.05, 3.63) is 27.7 Å². The van der Waals surface area contributed by atoms with Crippen molar-refractivity contribution >= 4 is 12.2 Å². The first-order valence-corrected chi connectivity index (χ1v) is 7.60. The van der Waals surface area contributed by atoms with Gasteiger partial charge in [0, 0.05) is 19.3 Å². The number of nitrogens with zero attached hydrogens (tertiary/aromatic N) is 3. The van der Waals surface area contributed by atoms with Crippen LogP contribution in [0.15, 0.2) is 11.0 Å². The molecule has 0 saturated carbocycles. The molecule has 1 fully saturated rings. The monoisotopic (exact) mass is 331 g/mol. The summed E-state index contributed by atoms with van der Waals surface area (Å²) in [7, 11) is 0. The third-order valence-corrected chi connectivity index (χ3v) is 4.17. The summed E-state index contributed by atoms with van der Waals surface area (Å²) in [5, 5.41) is 11.7. The molecule has 126 valence electrons. The summed E-state index contributed by atoms with van der Waals surface area (Å²) >= 11 is 0. The van der Waals surface area contributed by atoms with E-state index in [1.165, 1.54) is 15.8 Å². The number of aromatic hydroxyl groups is 1. The van der Waals surface area contributed by atoms with Crippen molar-refractivity contribution in [3.8, 4) is 18.1 Å². The van der Waals surface area contributed by atoms with Gasteiger partial charge in [-0.3, -0.25) is 24.1 Å². The Bertz CT molecular complexity index is 773. The van der Waals surface area contributed by atoms with E-state index in [0.29, 0.717) is 19.4 Å². The normalized spacial score (nSPS) is 20.0. The molecule has 8 nitrogen and oxygen atoms in total. The number of rotatable bonds is 4. The number of fused-ring (bicyclic) bond motifs is 1. The predicted molar refractivity (Wildman–Crippen MR) is 84.5 cm³/mol. The zero-order valence-electron chi connectivity index (χ0n) is 13.0. The van der Waals surface area contributed by atoms with E-state index >= 15 is 0 Å². The number of aldehydes is 1. The first-order valence-electron chi connectivity index (χ1n) is 7.60. The number of ether oxygens (including phenoxy) is 1. The third kappa shape index (κ3) is 2.63. The number of terminal acetylenes is 1. The quantitative estimate of drug-likeness (QED) is 0.592. The van der Waals surface area contributed by atoms with Gasteiger partial charge in [-0.15, -0.1) is 6.42 Å². The highest BCUT2D eigenvalue weighted by Gasteiger charge is 2.34. The van der Waals surface area contributed by atoms with E-state index in [0.717, 1.165) is 12.8 Å². The fourth-order valence-electron chi connectivity index (χ4n) is 3.00.